The fourth-order valence-electron chi connectivity index (χ4n) is 3.88. The van der Waals surface area contributed by atoms with Gasteiger partial charge in [0.15, 0.2) is 5.11 Å². The van der Waals surface area contributed by atoms with Crippen LogP contribution in [-0.4, -0.2) is 40.1 Å². The van der Waals surface area contributed by atoms with Crippen LogP contribution >= 0.6 is 24.0 Å². The van der Waals surface area contributed by atoms with Gasteiger partial charge in [0, 0.05) is 22.7 Å². The van der Waals surface area contributed by atoms with Gasteiger partial charge in [0.2, 0.25) is 5.82 Å². The fourth-order valence-corrected chi connectivity index (χ4v) is 4.62. The van der Waals surface area contributed by atoms with Crippen molar-refractivity contribution in [1.82, 2.24) is 20.4 Å². The van der Waals surface area contributed by atoms with E-state index in [4.69, 9.17) is 26.5 Å². The maximum absolute atomic E-state index is 5.81. The van der Waals surface area contributed by atoms with Crippen LogP contribution in [0.1, 0.15) is 38.3 Å². The molecule has 4 rings (SSSR count). The number of thioether (sulfide) groups is 1. The van der Waals surface area contributed by atoms with E-state index in [2.05, 4.69) is 66.7 Å². The molecule has 2 aromatic carbocycles. The third-order valence-corrected chi connectivity index (χ3v) is 6.68. The van der Waals surface area contributed by atoms with Gasteiger partial charge in [-0.15, -0.1) is 11.8 Å². The van der Waals surface area contributed by atoms with Crippen molar-refractivity contribution in [3.8, 4) is 17.1 Å². The van der Waals surface area contributed by atoms with Gasteiger partial charge in [0.1, 0.15) is 5.75 Å². The van der Waals surface area contributed by atoms with Gasteiger partial charge in [-0.1, -0.05) is 31.1 Å². The molecule has 6 nitrogen and oxygen atoms in total. The largest absolute Gasteiger partial charge is 0.497 e. The molecule has 172 valence electrons. The van der Waals surface area contributed by atoms with Crippen molar-refractivity contribution in [2.45, 2.75) is 31.7 Å². The molecule has 1 aromatic heterocycles. The Morgan fingerprint density at radius 3 is 2.45 bits per heavy atom. The van der Waals surface area contributed by atoms with Crippen LogP contribution in [0.2, 0.25) is 0 Å². The highest BCUT2D eigenvalue weighted by Crippen LogP contribution is 2.38. The average Bonchev–Trinajstić information content (AvgIpc) is 3.31. The normalized spacial score (nSPS) is 16.4. The number of ether oxygens (including phenoxy) is 1. The standard InChI is InChI=1S/C25H28N4O2S2/c1-15(2)14-29-16(3)21(22(26-25(29)32)17-8-12-20(33-5)13-9-17)24-27-23(28-31-24)18-6-10-19(30-4)11-7-18/h6-13,15,22H,14H2,1-5H3,(H,26,32). The quantitative estimate of drug-likeness (QED) is 0.337. The van der Waals surface area contributed by atoms with Crippen LogP contribution in [0.5, 0.6) is 5.75 Å². The molecule has 2 heterocycles. The molecule has 1 unspecified atom stereocenters. The van der Waals surface area contributed by atoms with Crippen molar-refractivity contribution in [1.29, 1.82) is 0 Å². The van der Waals surface area contributed by atoms with Crippen LogP contribution in [0.15, 0.2) is 63.6 Å². The van der Waals surface area contributed by atoms with Crippen LogP contribution in [0.25, 0.3) is 17.0 Å². The van der Waals surface area contributed by atoms with Crippen LogP contribution in [0.3, 0.4) is 0 Å². The molecule has 0 fully saturated rings. The number of thiocarbonyl (C=S) groups is 1. The van der Waals surface area contributed by atoms with Crippen molar-refractivity contribution in [3.05, 3.63) is 65.7 Å². The van der Waals surface area contributed by atoms with Gasteiger partial charge in [-0.3, -0.25) is 0 Å². The Labute approximate surface area is 204 Å². The second-order valence-corrected chi connectivity index (χ2v) is 9.58. The van der Waals surface area contributed by atoms with Crippen LogP contribution in [0, 0.1) is 5.92 Å². The second kappa shape index (κ2) is 9.97. The molecule has 33 heavy (non-hydrogen) atoms. The first kappa shape index (κ1) is 23.3. The van der Waals surface area contributed by atoms with E-state index in [1.54, 1.807) is 18.9 Å². The molecule has 1 N–H and O–H groups in total. The maximum Gasteiger partial charge on any atom is 0.258 e. The average molecular weight is 481 g/mol. The van der Waals surface area contributed by atoms with Crippen molar-refractivity contribution < 1.29 is 9.26 Å². The van der Waals surface area contributed by atoms with Crippen molar-refractivity contribution in [3.63, 3.8) is 0 Å². The van der Waals surface area contributed by atoms with E-state index < -0.39 is 0 Å². The predicted octanol–water partition coefficient (Wildman–Crippen LogP) is 5.79. The van der Waals surface area contributed by atoms with E-state index in [0.717, 1.165) is 34.7 Å². The molecule has 0 bridgehead atoms. The minimum atomic E-state index is -0.180. The molecule has 8 heteroatoms. The summed E-state index contributed by atoms with van der Waals surface area (Å²) in [6.07, 6.45) is 2.07. The zero-order valence-corrected chi connectivity index (χ0v) is 21.1. The van der Waals surface area contributed by atoms with Gasteiger partial charge in [0.05, 0.1) is 18.7 Å². The Morgan fingerprint density at radius 2 is 1.85 bits per heavy atom. The van der Waals surface area contributed by atoms with Crippen molar-refractivity contribution in [2.24, 2.45) is 5.92 Å². The number of hydrogen-bond donors (Lipinski definition) is 1. The van der Waals surface area contributed by atoms with Gasteiger partial charge >= 0.3 is 0 Å². The van der Waals surface area contributed by atoms with Crippen molar-refractivity contribution >= 4 is 34.7 Å². The molecule has 0 spiro atoms. The molecule has 1 aliphatic rings. The molecule has 0 amide bonds. The van der Waals surface area contributed by atoms with Crippen LogP contribution < -0.4 is 10.1 Å². The van der Waals surface area contributed by atoms with E-state index in [-0.39, 0.29) is 6.04 Å². The van der Waals surface area contributed by atoms with E-state index in [9.17, 15) is 0 Å². The summed E-state index contributed by atoms with van der Waals surface area (Å²) in [5, 5.41) is 8.49. The minimum absolute atomic E-state index is 0.180. The zero-order chi connectivity index (χ0) is 23.5. The summed E-state index contributed by atoms with van der Waals surface area (Å²) >= 11 is 7.47. The highest BCUT2D eigenvalue weighted by Gasteiger charge is 2.34. The topological polar surface area (TPSA) is 63.4 Å². The van der Waals surface area contributed by atoms with E-state index in [0.29, 0.717) is 22.7 Å². The molecule has 0 saturated carbocycles. The highest BCUT2D eigenvalue weighted by molar-refractivity contribution is 7.98. The highest BCUT2D eigenvalue weighted by atomic mass is 32.2. The minimum Gasteiger partial charge on any atom is -0.497 e. The van der Waals surface area contributed by atoms with Gasteiger partial charge in [0.25, 0.3) is 5.89 Å². The van der Waals surface area contributed by atoms with Crippen molar-refractivity contribution in [2.75, 3.05) is 19.9 Å². The monoisotopic (exact) mass is 480 g/mol. The number of nitrogens with one attached hydrogen (secondary N) is 1. The molecule has 1 aliphatic heterocycles. The summed E-state index contributed by atoms with van der Waals surface area (Å²) in [6, 6.07) is 15.9. The Bertz CT molecular complexity index is 1150. The van der Waals surface area contributed by atoms with E-state index in [1.165, 1.54) is 4.90 Å². The number of benzene rings is 2. The van der Waals surface area contributed by atoms with E-state index in [1.807, 2.05) is 24.3 Å². The smallest absolute Gasteiger partial charge is 0.258 e. The molecular formula is C25H28N4O2S2. The number of aromatic nitrogens is 2. The SMILES string of the molecule is COc1ccc(-c2noc(C3=C(C)N(CC(C)C)C(=S)NC3c3ccc(SC)cc3)n2)cc1. The first-order chi connectivity index (χ1) is 15.9. The molecule has 0 radical (unpaired) electrons. The lowest BCUT2D eigenvalue weighted by Crippen LogP contribution is -2.47. The van der Waals surface area contributed by atoms with Gasteiger partial charge < -0.3 is 19.5 Å². The summed E-state index contributed by atoms with van der Waals surface area (Å²) < 4.78 is 11.1. The predicted molar refractivity (Wildman–Crippen MR) is 137 cm³/mol. The zero-order valence-electron chi connectivity index (χ0n) is 19.5. The fraction of sp³-hybridized carbons (Fsp3) is 0.320. The summed E-state index contributed by atoms with van der Waals surface area (Å²) in [4.78, 5) is 8.10. The molecule has 1 atom stereocenters. The summed E-state index contributed by atoms with van der Waals surface area (Å²) in [5.74, 6) is 2.24. The first-order valence-corrected chi connectivity index (χ1v) is 12.5. The summed E-state index contributed by atoms with van der Waals surface area (Å²) in [7, 11) is 1.64. The van der Waals surface area contributed by atoms with Gasteiger partial charge in [-0.25, -0.2) is 0 Å². The number of rotatable bonds is 7. The second-order valence-electron chi connectivity index (χ2n) is 8.31. The van der Waals surface area contributed by atoms with E-state index >= 15 is 0 Å². The van der Waals surface area contributed by atoms with Gasteiger partial charge in [-0.05, 0) is 73.3 Å². The Balaban J connectivity index is 1.77. The Kier molecular flexibility index (Phi) is 7.05. The lowest BCUT2D eigenvalue weighted by atomic mass is 9.94. The maximum atomic E-state index is 5.81. The third kappa shape index (κ3) is 4.91. The number of allylic oxidation sites excluding steroid dienone is 1. The van der Waals surface area contributed by atoms with Gasteiger partial charge in [-0.2, -0.15) is 4.98 Å². The Hall–Kier alpha value is -2.84. The first-order valence-electron chi connectivity index (χ1n) is 10.8. The molecule has 0 saturated heterocycles. The number of nitrogens with zero attached hydrogens (tertiary/aromatic N) is 3. The molecular weight excluding hydrogens is 452 g/mol. The van der Waals surface area contributed by atoms with Crippen LogP contribution in [0.4, 0.5) is 0 Å². The van der Waals surface area contributed by atoms with Crippen LogP contribution in [-0.2, 0) is 0 Å². The summed E-state index contributed by atoms with van der Waals surface area (Å²) in [5.41, 5.74) is 3.92. The number of methoxy groups -OCH3 is 1. The molecule has 0 aliphatic carbocycles. The third-order valence-electron chi connectivity index (χ3n) is 5.60. The molecule has 3 aromatic rings. The summed E-state index contributed by atoms with van der Waals surface area (Å²) in [6.45, 7) is 7.23. The Morgan fingerprint density at radius 1 is 1.15 bits per heavy atom. The lowest BCUT2D eigenvalue weighted by Gasteiger charge is -2.38. The lowest BCUT2D eigenvalue weighted by molar-refractivity contribution is 0.386. The number of hydrogen-bond acceptors (Lipinski definition) is 6.